The van der Waals surface area contributed by atoms with Gasteiger partial charge in [-0.25, -0.2) is 0 Å². The van der Waals surface area contributed by atoms with Gasteiger partial charge in [0.15, 0.2) is 6.61 Å². The molecule has 2 amide bonds. The SMILES string of the molecule is Cc1cccc(C)c1NC(=O)CNC(=O)COc1ccc(C(C)(C)C)cc1. The predicted molar refractivity (Wildman–Crippen MR) is 108 cm³/mol. The first-order valence-corrected chi connectivity index (χ1v) is 9.03. The van der Waals surface area contributed by atoms with Crippen molar-refractivity contribution in [3.05, 3.63) is 59.2 Å². The molecular formula is C22H28N2O3. The van der Waals surface area contributed by atoms with Crippen LogP contribution in [0.1, 0.15) is 37.5 Å². The molecule has 0 spiro atoms. The van der Waals surface area contributed by atoms with Crippen molar-refractivity contribution in [2.24, 2.45) is 0 Å². The Kier molecular flexibility index (Phi) is 6.61. The standard InChI is InChI=1S/C22H28N2O3/c1-15-7-6-8-16(2)21(15)24-19(25)13-23-20(26)14-27-18-11-9-17(10-12-18)22(3,4)5/h6-12H,13-14H2,1-5H3,(H,23,26)(H,24,25). The maximum atomic E-state index is 12.1. The Morgan fingerprint density at radius 2 is 1.52 bits per heavy atom. The van der Waals surface area contributed by atoms with Crippen molar-refractivity contribution in [3.63, 3.8) is 0 Å². The highest BCUT2D eigenvalue weighted by molar-refractivity contribution is 5.95. The van der Waals surface area contributed by atoms with Crippen molar-refractivity contribution >= 4 is 17.5 Å². The van der Waals surface area contributed by atoms with Crippen LogP contribution in [0.25, 0.3) is 0 Å². The van der Waals surface area contributed by atoms with Crippen LogP contribution in [0.5, 0.6) is 5.75 Å². The number of para-hydroxylation sites is 1. The molecule has 27 heavy (non-hydrogen) atoms. The van der Waals surface area contributed by atoms with Crippen molar-refractivity contribution < 1.29 is 14.3 Å². The van der Waals surface area contributed by atoms with E-state index < -0.39 is 0 Å². The number of amides is 2. The Hall–Kier alpha value is -2.82. The largest absolute Gasteiger partial charge is 0.484 e. The van der Waals surface area contributed by atoms with E-state index in [2.05, 4.69) is 31.4 Å². The molecule has 2 N–H and O–H groups in total. The molecule has 144 valence electrons. The molecule has 0 aliphatic heterocycles. The summed E-state index contributed by atoms with van der Waals surface area (Å²) in [5, 5.41) is 5.40. The van der Waals surface area contributed by atoms with Gasteiger partial charge in [-0.05, 0) is 48.1 Å². The molecule has 0 bridgehead atoms. The minimum Gasteiger partial charge on any atom is -0.484 e. The monoisotopic (exact) mass is 368 g/mol. The van der Waals surface area contributed by atoms with E-state index in [0.717, 1.165) is 16.8 Å². The zero-order valence-corrected chi connectivity index (χ0v) is 16.7. The molecule has 0 aliphatic carbocycles. The van der Waals surface area contributed by atoms with Gasteiger partial charge in [-0.2, -0.15) is 0 Å². The molecule has 0 saturated heterocycles. The Labute approximate surface area is 161 Å². The second kappa shape index (κ2) is 8.71. The van der Waals surface area contributed by atoms with Crippen LogP contribution in [0, 0.1) is 13.8 Å². The van der Waals surface area contributed by atoms with E-state index in [9.17, 15) is 9.59 Å². The summed E-state index contributed by atoms with van der Waals surface area (Å²) in [5.41, 5.74) is 4.02. The number of carbonyl (C=O) groups is 2. The Morgan fingerprint density at radius 1 is 0.926 bits per heavy atom. The minimum absolute atomic E-state index is 0.0682. The number of rotatable bonds is 6. The quantitative estimate of drug-likeness (QED) is 0.816. The van der Waals surface area contributed by atoms with E-state index in [1.807, 2.05) is 56.3 Å². The lowest BCUT2D eigenvalue weighted by Crippen LogP contribution is -2.36. The van der Waals surface area contributed by atoms with Gasteiger partial charge >= 0.3 is 0 Å². The lowest BCUT2D eigenvalue weighted by Gasteiger charge is -2.19. The molecule has 0 aromatic heterocycles. The number of hydrogen-bond donors (Lipinski definition) is 2. The molecular weight excluding hydrogens is 340 g/mol. The molecule has 0 aliphatic rings. The second-order valence-corrected chi connectivity index (χ2v) is 7.65. The molecule has 0 unspecified atom stereocenters. The smallest absolute Gasteiger partial charge is 0.258 e. The third-order valence-electron chi connectivity index (χ3n) is 4.28. The zero-order chi connectivity index (χ0) is 20.0. The predicted octanol–water partition coefficient (Wildman–Crippen LogP) is 3.73. The normalized spacial score (nSPS) is 11.0. The molecule has 0 radical (unpaired) electrons. The minimum atomic E-state index is -0.341. The van der Waals surface area contributed by atoms with Crippen LogP contribution in [0.15, 0.2) is 42.5 Å². The Bertz CT molecular complexity index is 785. The van der Waals surface area contributed by atoms with E-state index in [-0.39, 0.29) is 30.4 Å². The Morgan fingerprint density at radius 3 is 2.07 bits per heavy atom. The summed E-state index contributed by atoms with van der Waals surface area (Å²) >= 11 is 0. The zero-order valence-electron chi connectivity index (χ0n) is 16.7. The van der Waals surface area contributed by atoms with E-state index >= 15 is 0 Å². The molecule has 0 saturated carbocycles. The number of hydrogen-bond acceptors (Lipinski definition) is 3. The fourth-order valence-electron chi connectivity index (χ4n) is 2.63. The van der Waals surface area contributed by atoms with E-state index in [1.165, 1.54) is 5.56 Å². The van der Waals surface area contributed by atoms with Crippen LogP contribution >= 0.6 is 0 Å². The first-order valence-electron chi connectivity index (χ1n) is 9.03. The van der Waals surface area contributed by atoms with Crippen LogP contribution in [-0.4, -0.2) is 25.0 Å². The summed E-state index contributed by atoms with van der Waals surface area (Å²) in [5.74, 6) is 0.0139. The molecule has 0 heterocycles. The lowest BCUT2D eigenvalue weighted by atomic mass is 9.87. The molecule has 2 aromatic carbocycles. The van der Waals surface area contributed by atoms with Gasteiger partial charge < -0.3 is 15.4 Å². The maximum absolute atomic E-state index is 12.1. The van der Waals surface area contributed by atoms with Crippen molar-refractivity contribution in [1.82, 2.24) is 5.32 Å². The number of benzene rings is 2. The third-order valence-corrected chi connectivity index (χ3v) is 4.28. The average molecular weight is 368 g/mol. The molecule has 0 atom stereocenters. The summed E-state index contributed by atoms with van der Waals surface area (Å²) in [7, 11) is 0. The summed E-state index contributed by atoms with van der Waals surface area (Å²) in [6.45, 7) is 10.0. The highest BCUT2D eigenvalue weighted by Gasteiger charge is 2.13. The van der Waals surface area contributed by atoms with Crippen LogP contribution in [0.2, 0.25) is 0 Å². The fraction of sp³-hybridized carbons (Fsp3) is 0.364. The molecule has 0 fully saturated rings. The van der Waals surface area contributed by atoms with Crippen molar-refractivity contribution in [2.45, 2.75) is 40.0 Å². The van der Waals surface area contributed by atoms with Gasteiger partial charge in [0.2, 0.25) is 5.91 Å². The number of aryl methyl sites for hydroxylation is 2. The van der Waals surface area contributed by atoms with Gasteiger partial charge in [-0.15, -0.1) is 0 Å². The summed E-state index contributed by atoms with van der Waals surface area (Å²) in [4.78, 5) is 24.0. The fourth-order valence-corrected chi connectivity index (χ4v) is 2.63. The van der Waals surface area contributed by atoms with Gasteiger partial charge in [0.05, 0.1) is 6.54 Å². The van der Waals surface area contributed by atoms with Gasteiger partial charge in [0.25, 0.3) is 5.91 Å². The topological polar surface area (TPSA) is 67.4 Å². The number of nitrogens with one attached hydrogen (secondary N) is 2. The first kappa shape index (κ1) is 20.5. The number of ether oxygens (including phenoxy) is 1. The van der Waals surface area contributed by atoms with Gasteiger partial charge in [0, 0.05) is 5.69 Å². The van der Waals surface area contributed by atoms with E-state index in [4.69, 9.17) is 4.74 Å². The highest BCUT2D eigenvalue weighted by Crippen LogP contribution is 2.24. The van der Waals surface area contributed by atoms with E-state index in [1.54, 1.807) is 0 Å². The molecule has 5 nitrogen and oxygen atoms in total. The van der Waals surface area contributed by atoms with Crippen LogP contribution in [0.3, 0.4) is 0 Å². The second-order valence-electron chi connectivity index (χ2n) is 7.65. The Balaban J connectivity index is 1.78. The van der Waals surface area contributed by atoms with Crippen molar-refractivity contribution in [1.29, 1.82) is 0 Å². The van der Waals surface area contributed by atoms with Gasteiger partial charge in [-0.3, -0.25) is 9.59 Å². The molecule has 5 heteroatoms. The average Bonchev–Trinajstić information content (AvgIpc) is 2.61. The summed E-state index contributed by atoms with van der Waals surface area (Å²) < 4.78 is 5.48. The summed E-state index contributed by atoms with van der Waals surface area (Å²) in [6, 6.07) is 13.5. The molecule has 2 aromatic rings. The van der Waals surface area contributed by atoms with Crippen molar-refractivity contribution in [3.8, 4) is 5.75 Å². The highest BCUT2D eigenvalue weighted by atomic mass is 16.5. The van der Waals surface area contributed by atoms with E-state index in [0.29, 0.717) is 5.75 Å². The summed E-state index contributed by atoms with van der Waals surface area (Å²) in [6.07, 6.45) is 0. The van der Waals surface area contributed by atoms with Crippen LogP contribution < -0.4 is 15.4 Å². The first-order chi connectivity index (χ1) is 12.7. The number of anilines is 1. The maximum Gasteiger partial charge on any atom is 0.258 e. The van der Waals surface area contributed by atoms with Crippen molar-refractivity contribution in [2.75, 3.05) is 18.5 Å². The molecule has 2 rings (SSSR count). The lowest BCUT2D eigenvalue weighted by molar-refractivity contribution is -0.125. The number of carbonyl (C=O) groups excluding carboxylic acids is 2. The van der Waals surface area contributed by atoms with Gasteiger partial charge in [0.1, 0.15) is 5.75 Å². The van der Waals surface area contributed by atoms with Crippen LogP contribution in [0.4, 0.5) is 5.69 Å². The third kappa shape index (κ3) is 6.13. The van der Waals surface area contributed by atoms with Crippen LogP contribution in [-0.2, 0) is 15.0 Å². The van der Waals surface area contributed by atoms with Gasteiger partial charge in [-0.1, -0.05) is 51.1 Å².